The van der Waals surface area contributed by atoms with Gasteiger partial charge < -0.3 is 10.2 Å². The van der Waals surface area contributed by atoms with Gasteiger partial charge in [0.25, 0.3) is 10.0 Å². The van der Waals surface area contributed by atoms with Crippen LogP contribution in [0.5, 0.6) is 0 Å². The number of carbonyl (C=O) groups excluding carboxylic acids is 2. The Morgan fingerprint density at radius 3 is 2.16 bits per heavy atom. The summed E-state index contributed by atoms with van der Waals surface area (Å²) in [5.41, 5.74) is 2.56. The number of likely N-dealkylation sites (N-methyl/N-ethyl adjacent to an activating group) is 1. The molecule has 4 aromatic carbocycles. The topological polar surface area (TPSA) is 86.8 Å². The van der Waals surface area contributed by atoms with Crippen molar-refractivity contribution in [3.05, 3.63) is 131 Å². The average Bonchev–Trinajstić information content (AvgIpc) is 3.01. The molecule has 224 valence electrons. The van der Waals surface area contributed by atoms with Crippen molar-refractivity contribution in [2.75, 3.05) is 17.4 Å². The van der Waals surface area contributed by atoms with Crippen LogP contribution in [0.3, 0.4) is 0 Å². The molecule has 10 heteroatoms. The SMILES string of the molecule is CCNC(=O)[C@H](Cc1ccccc1)N(Cc1ccccc1C)C(=O)CN(c1ccc(F)c(Cl)c1)S(=O)(=O)c1ccccc1. The third kappa shape index (κ3) is 7.80. The molecule has 0 aliphatic heterocycles. The van der Waals surface area contributed by atoms with E-state index >= 15 is 0 Å². The number of amides is 2. The van der Waals surface area contributed by atoms with Gasteiger partial charge in [0.2, 0.25) is 11.8 Å². The number of nitrogens with one attached hydrogen (secondary N) is 1. The minimum Gasteiger partial charge on any atom is -0.355 e. The van der Waals surface area contributed by atoms with E-state index in [1.165, 1.54) is 29.2 Å². The summed E-state index contributed by atoms with van der Waals surface area (Å²) in [6, 6.07) is 27.0. The summed E-state index contributed by atoms with van der Waals surface area (Å²) < 4.78 is 42.9. The zero-order chi connectivity index (χ0) is 31.0. The van der Waals surface area contributed by atoms with Crippen LogP contribution in [-0.2, 0) is 32.6 Å². The number of rotatable bonds is 12. The van der Waals surface area contributed by atoms with Crippen LogP contribution in [0.15, 0.2) is 108 Å². The van der Waals surface area contributed by atoms with E-state index in [9.17, 15) is 22.4 Å². The van der Waals surface area contributed by atoms with E-state index < -0.39 is 34.3 Å². The zero-order valence-corrected chi connectivity index (χ0v) is 25.5. The molecule has 0 radical (unpaired) electrons. The number of hydrogen-bond acceptors (Lipinski definition) is 4. The quantitative estimate of drug-likeness (QED) is 0.218. The van der Waals surface area contributed by atoms with Crippen molar-refractivity contribution in [3.63, 3.8) is 0 Å². The molecule has 4 rings (SSSR count). The monoisotopic (exact) mass is 621 g/mol. The molecular weight excluding hydrogens is 589 g/mol. The van der Waals surface area contributed by atoms with Crippen molar-refractivity contribution in [2.24, 2.45) is 0 Å². The Morgan fingerprint density at radius 1 is 0.907 bits per heavy atom. The lowest BCUT2D eigenvalue weighted by Crippen LogP contribution is -2.53. The number of halogens is 2. The summed E-state index contributed by atoms with van der Waals surface area (Å²) in [5, 5.41) is 2.54. The molecule has 7 nitrogen and oxygen atoms in total. The van der Waals surface area contributed by atoms with E-state index in [1.54, 1.807) is 25.1 Å². The number of aryl methyl sites for hydroxylation is 1. The van der Waals surface area contributed by atoms with Crippen molar-refractivity contribution >= 4 is 39.1 Å². The number of nitrogens with zero attached hydrogens (tertiary/aromatic N) is 2. The Kier molecular flexibility index (Phi) is 10.6. The molecule has 0 saturated heterocycles. The van der Waals surface area contributed by atoms with Crippen LogP contribution in [0.2, 0.25) is 5.02 Å². The van der Waals surface area contributed by atoms with Crippen molar-refractivity contribution in [1.82, 2.24) is 10.2 Å². The van der Waals surface area contributed by atoms with E-state index in [2.05, 4.69) is 5.32 Å². The first-order chi connectivity index (χ1) is 20.6. The number of hydrogen-bond donors (Lipinski definition) is 1. The first kappa shape index (κ1) is 31.7. The summed E-state index contributed by atoms with van der Waals surface area (Å²) in [7, 11) is -4.30. The molecule has 0 aliphatic rings. The van der Waals surface area contributed by atoms with Crippen molar-refractivity contribution in [3.8, 4) is 0 Å². The average molecular weight is 622 g/mol. The molecule has 0 fully saturated rings. The Labute approximate surface area is 257 Å². The van der Waals surface area contributed by atoms with Gasteiger partial charge >= 0.3 is 0 Å². The molecule has 0 saturated carbocycles. The van der Waals surface area contributed by atoms with Crippen molar-refractivity contribution < 1.29 is 22.4 Å². The van der Waals surface area contributed by atoms with Gasteiger partial charge in [-0.05, 0) is 60.9 Å². The maximum Gasteiger partial charge on any atom is 0.264 e. The minimum atomic E-state index is -4.30. The molecule has 0 unspecified atom stereocenters. The molecule has 0 aliphatic carbocycles. The first-order valence-electron chi connectivity index (χ1n) is 13.8. The summed E-state index contributed by atoms with van der Waals surface area (Å²) in [5.74, 6) is -1.71. The van der Waals surface area contributed by atoms with Crippen LogP contribution in [0.1, 0.15) is 23.6 Å². The van der Waals surface area contributed by atoms with Crippen LogP contribution in [0.25, 0.3) is 0 Å². The van der Waals surface area contributed by atoms with Crippen LogP contribution in [-0.4, -0.2) is 44.3 Å². The van der Waals surface area contributed by atoms with Gasteiger partial charge in [0.1, 0.15) is 18.4 Å². The van der Waals surface area contributed by atoms with Gasteiger partial charge in [0, 0.05) is 19.5 Å². The standard InChI is InChI=1S/C33H33ClFN3O4S/c1-3-36-33(40)31(20-25-13-6-4-7-14-25)37(22-26-15-11-10-12-24(26)2)32(39)23-38(27-18-19-30(35)29(34)21-27)43(41,42)28-16-8-5-9-17-28/h4-19,21,31H,3,20,22-23H2,1-2H3,(H,36,40)/t31-/m0/s1. The highest BCUT2D eigenvalue weighted by Gasteiger charge is 2.34. The fourth-order valence-corrected chi connectivity index (χ4v) is 6.31. The highest BCUT2D eigenvalue weighted by molar-refractivity contribution is 7.92. The lowest BCUT2D eigenvalue weighted by Gasteiger charge is -2.34. The normalized spacial score (nSPS) is 11.9. The lowest BCUT2D eigenvalue weighted by atomic mass is 10.0. The summed E-state index contributed by atoms with van der Waals surface area (Å²) in [6.07, 6.45) is 0.206. The number of sulfonamides is 1. The second-order valence-electron chi connectivity index (χ2n) is 9.97. The maximum atomic E-state index is 14.3. The Bertz CT molecular complexity index is 1670. The van der Waals surface area contributed by atoms with E-state index in [0.29, 0.717) is 6.54 Å². The van der Waals surface area contributed by atoms with Crippen LogP contribution in [0.4, 0.5) is 10.1 Å². The predicted octanol–water partition coefficient (Wildman–Crippen LogP) is 5.76. The van der Waals surface area contributed by atoms with Crippen LogP contribution in [0, 0.1) is 12.7 Å². The second kappa shape index (κ2) is 14.3. The minimum absolute atomic E-state index is 0.0112. The zero-order valence-electron chi connectivity index (χ0n) is 23.9. The van der Waals surface area contributed by atoms with Crippen LogP contribution >= 0.6 is 11.6 Å². The smallest absolute Gasteiger partial charge is 0.264 e. The fourth-order valence-electron chi connectivity index (χ4n) is 4.71. The highest BCUT2D eigenvalue weighted by Crippen LogP contribution is 2.28. The number of benzene rings is 4. The molecular formula is C33H33ClFN3O4S. The van der Waals surface area contributed by atoms with E-state index in [4.69, 9.17) is 11.6 Å². The molecule has 0 heterocycles. The van der Waals surface area contributed by atoms with Gasteiger partial charge in [-0.25, -0.2) is 12.8 Å². The molecule has 1 N–H and O–H groups in total. The molecule has 2 amide bonds. The molecule has 0 spiro atoms. The van der Waals surface area contributed by atoms with Crippen molar-refractivity contribution in [1.29, 1.82) is 0 Å². The Balaban J connectivity index is 1.81. The largest absolute Gasteiger partial charge is 0.355 e. The van der Waals surface area contributed by atoms with E-state index in [-0.39, 0.29) is 34.5 Å². The maximum absolute atomic E-state index is 14.3. The Hall–Kier alpha value is -4.21. The van der Waals surface area contributed by atoms with Gasteiger partial charge in [0.05, 0.1) is 15.6 Å². The lowest BCUT2D eigenvalue weighted by molar-refractivity contribution is -0.140. The summed E-state index contributed by atoms with van der Waals surface area (Å²) in [4.78, 5) is 29.2. The van der Waals surface area contributed by atoms with Gasteiger partial charge in [-0.15, -0.1) is 0 Å². The van der Waals surface area contributed by atoms with E-state index in [1.807, 2.05) is 61.5 Å². The third-order valence-electron chi connectivity index (χ3n) is 7.03. The van der Waals surface area contributed by atoms with Gasteiger partial charge in [0.15, 0.2) is 0 Å². The Morgan fingerprint density at radius 2 is 1.53 bits per heavy atom. The van der Waals surface area contributed by atoms with Gasteiger partial charge in [-0.1, -0.05) is 84.4 Å². The number of carbonyl (C=O) groups is 2. The molecule has 4 aromatic rings. The molecule has 43 heavy (non-hydrogen) atoms. The first-order valence-corrected chi connectivity index (χ1v) is 15.6. The molecule has 0 aromatic heterocycles. The molecule has 0 bridgehead atoms. The van der Waals surface area contributed by atoms with E-state index in [0.717, 1.165) is 27.1 Å². The fraction of sp³-hybridized carbons (Fsp3) is 0.212. The van der Waals surface area contributed by atoms with Crippen LogP contribution < -0.4 is 9.62 Å². The van der Waals surface area contributed by atoms with Crippen molar-refractivity contribution in [2.45, 2.75) is 37.8 Å². The number of anilines is 1. The predicted molar refractivity (Wildman–Crippen MR) is 167 cm³/mol. The van der Waals surface area contributed by atoms with Gasteiger partial charge in [-0.3, -0.25) is 13.9 Å². The second-order valence-corrected chi connectivity index (χ2v) is 12.2. The summed E-state index contributed by atoms with van der Waals surface area (Å²) in [6.45, 7) is 3.44. The third-order valence-corrected chi connectivity index (χ3v) is 9.10. The summed E-state index contributed by atoms with van der Waals surface area (Å²) >= 11 is 6.05. The highest BCUT2D eigenvalue weighted by atomic mass is 35.5. The van der Waals surface area contributed by atoms with Gasteiger partial charge in [-0.2, -0.15) is 0 Å². The molecule has 1 atom stereocenters.